The molecule has 1 amide bonds. The van der Waals surface area contributed by atoms with Crippen LogP contribution in [0.3, 0.4) is 0 Å². The number of carbonyl (C=O) groups is 1. The van der Waals surface area contributed by atoms with Crippen LogP contribution in [-0.4, -0.2) is 17.9 Å². The van der Waals surface area contributed by atoms with Gasteiger partial charge in [-0.05, 0) is 42.7 Å². The number of amides is 1. The van der Waals surface area contributed by atoms with Crippen molar-refractivity contribution < 1.29 is 13.9 Å². The van der Waals surface area contributed by atoms with E-state index < -0.39 is 0 Å². The largest absolute Gasteiger partial charge is 0.497 e. The third kappa shape index (κ3) is 1.97. The molecule has 3 atom stereocenters. The number of carbonyl (C=O) groups excluding carboxylic acids is 1. The van der Waals surface area contributed by atoms with Gasteiger partial charge in [-0.1, -0.05) is 24.3 Å². The fourth-order valence-electron chi connectivity index (χ4n) is 3.92. The number of rotatable bonds is 3. The predicted octanol–water partition coefficient (Wildman–Crippen LogP) is 3.65. The molecule has 2 aliphatic rings. The Labute approximate surface area is 134 Å². The first-order chi connectivity index (χ1) is 11.1. The Balaban J connectivity index is 1.67. The number of nitrogens with zero attached hydrogens (tertiary/aromatic N) is 1. The number of halogens is 1. The van der Waals surface area contributed by atoms with Gasteiger partial charge in [-0.25, -0.2) is 4.39 Å². The molecular formula is C19H18FNO2. The summed E-state index contributed by atoms with van der Waals surface area (Å²) in [7, 11) is 1.63. The van der Waals surface area contributed by atoms with E-state index in [9.17, 15) is 9.18 Å². The molecule has 1 saturated heterocycles. The molecule has 4 rings (SSSR count). The first kappa shape index (κ1) is 14.2. The lowest BCUT2D eigenvalue weighted by Crippen LogP contribution is -2.54. The second-order valence-corrected chi connectivity index (χ2v) is 6.26. The van der Waals surface area contributed by atoms with Gasteiger partial charge in [0.1, 0.15) is 11.6 Å². The minimum atomic E-state index is -0.200. The highest BCUT2D eigenvalue weighted by Crippen LogP contribution is 2.53. The lowest BCUT2D eigenvalue weighted by Gasteiger charge is -2.47. The number of hydrogen-bond acceptors (Lipinski definition) is 2. The molecule has 0 aromatic heterocycles. The van der Waals surface area contributed by atoms with E-state index in [1.165, 1.54) is 6.07 Å². The Bertz CT molecular complexity index is 771. The molecule has 1 aliphatic carbocycles. The highest BCUT2D eigenvalue weighted by atomic mass is 19.1. The molecule has 1 fully saturated rings. The van der Waals surface area contributed by atoms with Crippen molar-refractivity contribution in [3.8, 4) is 5.75 Å². The van der Waals surface area contributed by atoms with Gasteiger partial charge >= 0.3 is 0 Å². The zero-order valence-electron chi connectivity index (χ0n) is 13.1. The van der Waals surface area contributed by atoms with Gasteiger partial charge in [-0.3, -0.25) is 4.79 Å². The maximum absolute atomic E-state index is 14.3. The van der Waals surface area contributed by atoms with Gasteiger partial charge in [0.15, 0.2) is 0 Å². The Morgan fingerprint density at radius 2 is 1.96 bits per heavy atom. The van der Waals surface area contributed by atoms with E-state index in [0.717, 1.165) is 16.9 Å². The zero-order chi connectivity index (χ0) is 16.1. The number of hydrogen-bond donors (Lipinski definition) is 0. The summed E-state index contributed by atoms with van der Waals surface area (Å²) < 4.78 is 19.4. The molecule has 2 aromatic carbocycles. The second-order valence-electron chi connectivity index (χ2n) is 6.26. The van der Waals surface area contributed by atoms with Crippen molar-refractivity contribution in [2.24, 2.45) is 5.92 Å². The molecule has 4 heteroatoms. The van der Waals surface area contributed by atoms with Crippen LogP contribution < -0.4 is 4.74 Å². The van der Waals surface area contributed by atoms with Crippen LogP contribution in [0.4, 0.5) is 4.39 Å². The van der Waals surface area contributed by atoms with Gasteiger partial charge in [0, 0.05) is 5.56 Å². The minimum absolute atomic E-state index is 0.0831. The molecule has 1 heterocycles. The Kier molecular flexibility index (Phi) is 3.15. The standard InChI is InChI=1S/C19H18FNO2/c1-11(12-6-8-14(23-2)9-7-12)21-18-15(19(21)22)10-13-4-3-5-16(20)17(13)18/h3-9,11,15,18H,10H2,1-2H3/t11-,15+,18+/m0/s1. The third-order valence-corrected chi connectivity index (χ3v) is 5.15. The average molecular weight is 311 g/mol. The SMILES string of the molecule is COc1ccc([C@H](C)N2C(=O)[C@@H]3Cc4cccc(F)c4[C@@H]32)cc1. The van der Waals surface area contributed by atoms with Crippen LogP contribution >= 0.6 is 0 Å². The molecule has 118 valence electrons. The number of likely N-dealkylation sites (tertiary alicyclic amines) is 1. The lowest BCUT2D eigenvalue weighted by molar-refractivity contribution is -0.159. The monoisotopic (exact) mass is 311 g/mol. The molecule has 0 N–H and O–H groups in total. The fourth-order valence-corrected chi connectivity index (χ4v) is 3.92. The van der Waals surface area contributed by atoms with Gasteiger partial charge < -0.3 is 9.64 Å². The summed E-state index contributed by atoms with van der Waals surface area (Å²) in [5, 5.41) is 0. The summed E-state index contributed by atoms with van der Waals surface area (Å²) in [5.74, 6) is 0.608. The van der Waals surface area contributed by atoms with E-state index in [4.69, 9.17) is 4.74 Å². The lowest BCUT2D eigenvalue weighted by atomic mass is 9.85. The Hall–Kier alpha value is -2.36. The summed E-state index contributed by atoms with van der Waals surface area (Å²) >= 11 is 0. The molecule has 0 unspecified atom stereocenters. The van der Waals surface area contributed by atoms with Crippen LogP contribution in [-0.2, 0) is 11.2 Å². The van der Waals surface area contributed by atoms with Crippen molar-refractivity contribution in [1.29, 1.82) is 0 Å². The summed E-state index contributed by atoms with van der Waals surface area (Å²) in [4.78, 5) is 14.4. The van der Waals surface area contributed by atoms with Crippen LogP contribution in [0.15, 0.2) is 42.5 Å². The molecule has 1 aliphatic heterocycles. The van der Waals surface area contributed by atoms with Gasteiger partial charge in [0.2, 0.25) is 5.91 Å². The van der Waals surface area contributed by atoms with Crippen molar-refractivity contribution >= 4 is 5.91 Å². The van der Waals surface area contributed by atoms with Crippen LogP contribution in [0.1, 0.15) is 35.7 Å². The summed E-state index contributed by atoms with van der Waals surface area (Å²) in [5.41, 5.74) is 2.71. The summed E-state index contributed by atoms with van der Waals surface area (Å²) in [6.45, 7) is 1.99. The van der Waals surface area contributed by atoms with Crippen LogP contribution in [0, 0.1) is 11.7 Å². The number of fused-ring (bicyclic) bond motifs is 3. The van der Waals surface area contributed by atoms with Gasteiger partial charge in [-0.15, -0.1) is 0 Å². The van der Waals surface area contributed by atoms with Gasteiger partial charge in [0.25, 0.3) is 0 Å². The van der Waals surface area contributed by atoms with E-state index in [1.54, 1.807) is 13.2 Å². The number of methoxy groups -OCH3 is 1. The van der Waals surface area contributed by atoms with Crippen molar-refractivity contribution in [3.05, 3.63) is 65.0 Å². The number of ether oxygens (including phenoxy) is 1. The molecule has 0 bridgehead atoms. The van der Waals surface area contributed by atoms with Crippen LogP contribution in [0.25, 0.3) is 0 Å². The average Bonchev–Trinajstić information content (AvgIpc) is 2.91. The number of benzene rings is 2. The smallest absolute Gasteiger partial charge is 0.229 e. The minimum Gasteiger partial charge on any atom is -0.497 e. The summed E-state index contributed by atoms with van der Waals surface area (Å²) in [6, 6.07) is 12.6. The second kappa shape index (κ2) is 5.08. The fraction of sp³-hybridized carbons (Fsp3) is 0.316. The van der Waals surface area contributed by atoms with Crippen LogP contribution in [0.5, 0.6) is 5.75 Å². The van der Waals surface area contributed by atoms with Crippen molar-refractivity contribution in [2.45, 2.75) is 25.4 Å². The highest BCUT2D eigenvalue weighted by Gasteiger charge is 2.55. The van der Waals surface area contributed by atoms with Gasteiger partial charge in [0.05, 0.1) is 25.1 Å². The third-order valence-electron chi connectivity index (χ3n) is 5.15. The molecule has 0 saturated carbocycles. The van der Waals surface area contributed by atoms with Crippen molar-refractivity contribution in [1.82, 2.24) is 4.90 Å². The van der Waals surface area contributed by atoms with Crippen molar-refractivity contribution in [2.75, 3.05) is 7.11 Å². The topological polar surface area (TPSA) is 29.5 Å². The van der Waals surface area contributed by atoms with E-state index in [0.29, 0.717) is 12.0 Å². The first-order valence-electron chi connectivity index (χ1n) is 7.85. The van der Waals surface area contributed by atoms with E-state index >= 15 is 0 Å². The molecule has 0 spiro atoms. The van der Waals surface area contributed by atoms with Crippen molar-refractivity contribution in [3.63, 3.8) is 0 Å². The predicted molar refractivity (Wildman–Crippen MR) is 84.6 cm³/mol. The molecule has 3 nitrogen and oxygen atoms in total. The van der Waals surface area contributed by atoms with Gasteiger partial charge in [-0.2, -0.15) is 0 Å². The normalized spacial score (nSPS) is 23.1. The maximum atomic E-state index is 14.3. The summed E-state index contributed by atoms with van der Waals surface area (Å²) in [6.07, 6.45) is 0.655. The zero-order valence-corrected chi connectivity index (χ0v) is 13.1. The maximum Gasteiger partial charge on any atom is 0.229 e. The first-order valence-corrected chi connectivity index (χ1v) is 7.85. The van der Waals surface area contributed by atoms with E-state index in [-0.39, 0.29) is 29.7 Å². The van der Waals surface area contributed by atoms with E-state index in [2.05, 4.69) is 0 Å². The Morgan fingerprint density at radius 1 is 1.22 bits per heavy atom. The molecule has 23 heavy (non-hydrogen) atoms. The quantitative estimate of drug-likeness (QED) is 0.810. The van der Waals surface area contributed by atoms with Crippen LogP contribution in [0.2, 0.25) is 0 Å². The molecular weight excluding hydrogens is 293 g/mol. The highest BCUT2D eigenvalue weighted by molar-refractivity contribution is 5.89. The molecule has 0 radical (unpaired) electrons. The number of β-lactam (4-membered cyclic amide) rings is 1. The van der Waals surface area contributed by atoms with E-state index in [1.807, 2.05) is 42.2 Å². The molecule has 2 aromatic rings. The Morgan fingerprint density at radius 3 is 2.65 bits per heavy atom.